The van der Waals surface area contributed by atoms with E-state index in [1.807, 2.05) is 18.2 Å². The molecule has 1 rings (SSSR count). The van der Waals surface area contributed by atoms with Gasteiger partial charge in [-0.2, -0.15) is 0 Å². The summed E-state index contributed by atoms with van der Waals surface area (Å²) in [6, 6.07) is 8.34. The van der Waals surface area contributed by atoms with Gasteiger partial charge in [0.2, 0.25) is 0 Å². The lowest BCUT2D eigenvalue weighted by molar-refractivity contribution is 0.278. The van der Waals surface area contributed by atoms with Crippen molar-refractivity contribution < 1.29 is 4.74 Å². The molecule has 90 valence electrons. The molecule has 0 aliphatic rings. The minimum absolute atomic E-state index is 0.144. The number of benzene rings is 1. The molecular weight excluding hydrogens is 198 g/mol. The fraction of sp³-hybridized carbons (Fsp3) is 0.571. The van der Waals surface area contributed by atoms with E-state index in [1.165, 1.54) is 5.56 Å². The summed E-state index contributed by atoms with van der Waals surface area (Å²) in [5, 5.41) is 0. The van der Waals surface area contributed by atoms with E-state index >= 15 is 0 Å². The molecule has 0 saturated carbocycles. The van der Waals surface area contributed by atoms with Gasteiger partial charge in [-0.25, -0.2) is 0 Å². The third kappa shape index (κ3) is 3.86. The van der Waals surface area contributed by atoms with Gasteiger partial charge in [0.25, 0.3) is 0 Å². The maximum absolute atomic E-state index is 5.93. The van der Waals surface area contributed by atoms with Gasteiger partial charge >= 0.3 is 0 Å². The second kappa shape index (κ2) is 6.54. The van der Waals surface area contributed by atoms with Crippen LogP contribution in [-0.2, 0) is 0 Å². The number of hydrogen-bond acceptors (Lipinski definition) is 2. The van der Waals surface area contributed by atoms with Crippen molar-refractivity contribution >= 4 is 0 Å². The maximum atomic E-state index is 5.93. The van der Waals surface area contributed by atoms with Gasteiger partial charge in [0.1, 0.15) is 12.4 Å². The van der Waals surface area contributed by atoms with Crippen LogP contribution in [0.2, 0.25) is 0 Å². The van der Waals surface area contributed by atoms with E-state index in [2.05, 4.69) is 26.8 Å². The van der Waals surface area contributed by atoms with Crippen LogP contribution in [0.4, 0.5) is 0 Å². The Hall–Kier alpha value is -1.02. The van der Waals surface area contributed by atoms with Gasteiger partial charge in [-0.15, -0.1) is 0 Å². The Morgan fingerprint density at radius 1 is 1.25 bits per heavy atom. The van der Waals surface area contributed by atoms with E-state index in [1.54, 1.807) is 0 Å². The summed E-state index contributed by atoms with van der Waals surface area (Å²) in [6.07, 6.45) is 2.13. The highest BCUT2D eigenvalue weighted by atomic mass is 16.5. The molecule has 16 heavy (non-hydrogen) atoms. The first-order valence-corrected chi connectivity index (χ1v) is 6.12. The summed E-state index contributed by atoms with van der Waals surface area (Å²) in [7, 11) is 0. The molecule has 1 atom stereocenters. The minimum Gasteiger partial charge on any atom is -0.492 e. The average molecular weight is 221 g/mol. The largest absolute Gasteiger partial charge is 0.492 e. The van der Waals surface area contributed by atoms with Crippen molar-refractivity contribution in [2.75, 3.05) is 6.61 Å². The van der Waals surface area contributed by atoms with Crippen LogP contribution >= 0.6 is 0 Å². The molecule has 0 fully saturated rings. The third-order valence-electron chi connectivity index (χ3n) is 2.65. The Kier molecular flexibility index (Phi) is 5.33. The topological polar surface area (TPSA) is 35.2 Å². The maximum Gasteiger partial charge on any atom is 0.122 e. The van der Waals surface area contributed by atoms with Gasteiger partial charge < -0.3 is 10.5 Å². The highest BCUT2D eigenvalue weighted by Gasteiger charge is 2.08. The summed E-state index contributed by atoms with van der Waals surface area (Å²) in [6.45, 7) is 7.10. The summed E-state index contributed by atoms with van der Waals surface area (Å²) < 4.78 is 5.79. The molecule has 1 aromatic carbocycles. The molecular formula is C14H23NO. The van der Waals surface area contributed by atoms with Crippen LogP contribution in [0.3, 0.4) is 0 Å². The molecule has 1 unspecified atom stereocenters. The number of nitrogens with two attached hydrogens (primary N) is 1. The lowest BCUT2D eigenvalue weighted by Gasteiger charge is -2.16. The first kappa shape index (κ1) is 13.0. The second-order valence-corrected chi connectivity index (χ2v) is 4.55. The SMILES string of the molecule is CCCC(N)COc1ccccc1C(C)C. The van der Waals surface area contributed by atoms with Crippen molar-refractivity contribution in [1.82, 2.24) is 0 Å². The van der Waals surface area contributed by atoms with Crippen molar-refractivity contribution in [1.29, 1.82) is 0 Å². The van der Waals surface area contributed by atoms with Crippen molar-refractivity contribution in [3.05, 3.63) is 29.8 Å². The monoisotopic (exact) mass is 221 g/mol. The molecule has 2 N–H and O–H groups in total. The van der Waals surface area contributed by atoms with Gasteiger partial charge in [-0.05, 0) is 24.0 Å². The summed E-state index contributed by atoms with van der Waals surface area (Å²) >= 11 is 0. The molecule has 2 heteroatoms. The van der Waals surface area contributed by atoms with Crippen molar-refractivity contribution in [2.24, 2.45) is 5.73 Å². The van der Waals surface area contributed by atoms with Crippen LogP contribution in [0.5, 0.6) is 5.75 Å². The number of rotatable bonds is 6. The van der Waals surface area contributed by atoms with Crippen LogP contribution < -0.4 is 10.5 Å². The molecule has 0 heterocycles. The summed E-state index contributed by atoms with van der Waals surface area (Å²) in [5.41, 5.74) is 7.19. The zero-order chi connectivity index (χ0) is 12.0. The zero-order valence-electron chi connectivity index (χ0n) is 10.6. The van der Waals surface area contributed by atoms with E-state index in [0.29, 0.717) is 12.5 Å². The van der Waals surface area contributed by atoms with Crippen LogP contribution in [0, 0.1) is 0 Å². The quantitative estimate of drug-likeness (QED) is 0.799. The molecule has 0 spiro atoms. The molecule has 0 bridgehead atoms. The number of hydrogen-bond donors (Lipinski definition) is 1. The van der Waals surface area contributed by atoms with E-state index in [9.17, 15) is 0 Å². The van der Waals surface area contributed by atoms with E-state index in [-0.39, 0.29) is 6.04 Å². The summed E-state index contributed by atoms with van der Waals surface area (Å²) in [4.78, 5) is 0. The Labute approximate surface area is 98.8 Å². The van der Waals surface area contributed by atoms with Gasteiger partial charge in [0.05, 0.1) is 0 Å². The lowest BCUT2D eigenvalue weighted by atomic mass is 10.0. The predicted octanol–water partition coefficient (Wildman–Crippen LogP) is 3.32. The molecule has 0 radical (unpaired) electrons. The van der Waals surface area contributed by atoms with Gasteiger partial charge in [-0.1, -0.05) is 45.4 Å². The molecule has 0 amide bonds. The van der Waals surface area contributed by atoms with E-state index < -0.39 is 0 Å². The molecule has 2 nitrogen and oxygen atoms in total. The van der Waals surface area contributed by atoms with Crippen LogP contribution in [0.1, 0.15) is 45.1 Å². The molecule has 0 saturated heterocycles. The highest BCUT2D eigenvalue weighted by Crippen LogP contribution is 2.25. The standard InChI is InChI=1S/C14H23NO/c1-4-7-12(15)10-16-14-9-6-5-8-13(14)11(2)3/h5-6,8-9,11-12H,4,7,10,15H2,1-3H3. The van der Waals surface area contributed by atoms with E-state index in [4.69, 9.17) is 10.5 Å². The number of para-hydroxylation sites is 1. The molecule has 1 aromatic rings. The van der Waals surface area contributed by atoms with Crippen molar-refractivity contribution in [3.63, 3.8) is 0 Å². The molecule has 0 aliphatic heterocycles. The Morgan fingerprint density at radius 3 is 2.56 bits per heavy atom. The fourth-order valence-corrected chi connectivity index (χ4v) is 1.74. The highest BCUT2D eigenvalue weighted by molar-refractivity contribution is 5.35. The Morgan fingerprint density at radius 2 is 1.94 bits per heavy atom. The number of ether oxygens (including phenoxy) is 1. The van der Waals surface area contributed by atoms with Crippen LogP contribution in [0.15, 0.2) is 24.3 Å². The van der Waals surface area contributed by atoms with Gasteiger partial charge in [0.15, 0.2) is 0 Å². The van der Waals surface area contributed by atoms with Gasteiger partial charge in [-0.3, -0.25) is 0 Å². The Bertz CT molecular complexity index is 309. The Balaban J connectivity index is 2.59. The van der Waals surface area contributed by atoms with Crippen molar-refractivity contribution in [3.8, 4) is 5.75 Å². The first-order chi connectivity index (χ1) is 7.65. The molecule has 0 aliphatic carbocycles. The third-order valence-corrected chi connectivity index (χ3v) is 2.65. The van der Waals surface area contributed by atoms with Crippen LogP contribution in [0.25, 0.3) is 0 Å². The first-order valence-electron chi connectivity index (χ1n) is 6.12. The summed E-state index contributed by atoms with van der Waals surface area (Å²) in [5.74, 6) is 1.46. The van der Waals surface area contributed by atoms with Crippen LogP contribution in [-0.4, -0.2) is 12.6 Å². The smallest absolute Gasteiger partial charge is 0.122 e. The van der Waals surface area contributed by atoms with Crippen molar-refractivity contribution in [2.45, 2.75) is 45.6 Å². The zero-order valence-corrected chi connectivity index (χ0v) is 10.6. The average Bonchev–Trinajstić information content (AvgIpc) is 2.27. The molecule has 0 aromatic heterocycles. The fourth-order valence-electron chi connectivity index (χ4n) is 1.74. The normalized spacial score (nSPS) is 12.8. The predicted molar refractivity (Wildman–Crippen MR) is 68.9 cm³/mol. The lowest BCUT2D eigenvalue weighted by Crippen LogP contribution is -2.27. The minimum atomic E-state index is 0.144. The van der Waals surface area contributed by atoms with E-state index in [0.717, 1.165) is 18.6 Å². The second-order valence-electron chi connectivity index (χ2n) is 4.55. The van der Waals surface area contributed by atoms with Gasteiger partial charge in [0, 0.05) is 6.04 Å².